The maximum Gasteiger partial charge on any atom is 0.312 e. The predicted octanol–water partition coefficient (Wildman–Crippen LogP) is 4.71. The molecule has 4 heteroatoms. The topological polar surface area (TPSA) is 44.8 Å². The van der Waals surface area contributed by atoms with Crippen LogP contribution in [0.3, 0.4) is 0 Å². The zero-order chi connectivity index (χ0) is 17.6. The van der Waals surface area contributed by atoms with Crippen LogP contribution in [0.1, 0.15) is 32.4 Å². The number of ether oxygens (including phenoxy) is 3. The molecule has 1 saturated carbocycles. The standard InChI is InChI=1S/C21H22O4/c1-13(23-20-18-17(19(22)25-20)21(18,2)3)14-8-7-11-16(12-14)24-15-9-5-4-6-10-15/h4-13,17-18,20H,1-3H3/t13-,17?,18?,20-/m0/s1. The van der Waals surface area contributed by atoms with Crippen molar-refractivity contribution in [3.63, 3.8) is 0 Å². The van der Waals surface area contributed by atoms with Gasteiger partial charge in [0.05, 0.1) is 12.0 Å². The number of benzene rings is 2. The highest BCUT2D eigenvalue weighted by Crippen LogP contribution is 2.65. The minimum Gasteiger partial charge on any atom is -0.457 e. The highest BCUT2D eigenvalue weighted by Gasteiger charge is 2.72. The first-order valence-corrected chi connectivity index (χ1v) is 8.65. The van der Waals surface area contributed by atoms with Crippen molar-refractivity contribution in [1.82, 2.24) is 0 Å². The van der Waals surface area contributed by atoms with Gasteiger partial charge in [-0.3, -0.25) is 4.79 Å². The van der Waals surface area contributed by atoms with Crippen molar-refractivity contribution in [2.45, 2.75) is 33.2 Å². The highest BCUT2D eigenvalue weighted by atomic mass is 16.7. The van der Waals surface area contributed by atoms with E-state index in [9.17, 15) is 4.79 Å². The average Bonchev–Trinajstić information content (AvgIpc) is 2.99. The van der Waals surface area contributed by atoms with Gasteiger partial charge in [0.1, 0.15) is 11.5 Å². The normalized spacial score (nSPS) is 27.3. The number of esters is 1. The molecule has 4 atom stereocenters. The molecular weight excluding hydrogens is 316 g/mol. The predicted molar refractivity (Wildman–Crippen MR) is 93.1 cm³/mol. The Kier molecular flexibility index (Phi) is 3.80. The van der Waals surface area contributed by atoms with E-state index in [4.69, 9.17) is 14.2 Å². The molecule has 2 aromatic rings. The summed E-state index contributed by atoms with van der Waals surface area (Å²) in [4.78, 5) is 11.9. The SMILES string of the molecule is C[C@H](O[C@H]1OC(=O)C2C1C2(C)C)c1cccc(Oc2ccccc2)c1. The van der Waals surface area contributed by atoms with Crippen LogP contribution in [0.5, 0.6) is 11.5 Å². The summed E-state index contributed by atoms with van der Waals surface area (Å²) >= 11 is 0. The van der Waals surface area contributed by atoms with Crippen LogP contribution in [-0.4, -0.2) is 12.3 Å². The maximum absolute atomic E-state index is 11.9. The van der Waals surface area contributed by atoms with E-state index >= 15 is 0 Å². The second kappa shape index (κ2) is 5.88. The van der Waals surface area contributed by atoms with E-state index in [-0.39, 0.29) is 29.3 Å². The molecule has 0 aromatic heterocycles. The molecule has 0 radical (unpaired) electrons. The molecule has 0 spiro atoms. The lowest BCUT2D eigenvalue weighted by atomic mass is 10.1. The van der Waals surface area contributed by atoms with Crippen LogP contribution in [0.4, 0.5) is 0 Å². The molecule has 130 valence electrons. The van der Waals surface area contributed by atoms with Crippen molar-refractivity contribution in [3.05, 3.63) is 60.2 Å². The Bertz CT molecular complexity index is 783. The van der Waals surface area contributed by atoms with E-state index in [1.54, 1.807) is 0 Å². The molecule has 1 aliphatic heterocycles. The lowest BCUT2D eigenvalue weighted by Gasteiger charge is -2.22. The van der Waals surface area contributed by atoms with Gasteiger partial charge in [0.25, 0.3) is 0 Å². The number of carbonyl (C=O) groups is 1. The van der Waals surface area contributed by atoms with Crippen LogP contribution in [0.25, 0.3) is 0 Å². The smallest absolute Gasteiger partial charge is 0.312 e. The lowest BCUT2D eigenvalue weighted by Crippen LogP contribution is -2.24. The van der Waals surface area contributed by atoms with Crippen molar-refractivity contribution < 1.29 is 19.0 Å². The Labute approximate surface area is 147 Å². The Morgan fingerprint density at radius 2 is 1.76 bits per heavy atom. The Morgan fingerprint density at radius 1 is 1.04 bits per heavy atom. The number of cyclic esters (lactones) is 1. The van der Waals surface area contributed by atoms with Gasteiger partial charge < -0.3 is 14.2 Å². The van der Waals surface area contributed by atoms with Crippen molar-refractivity contribution in [2.24, 2.45) is 17.3 Å². The lowest BCUT2D eigenvalue weighted by molar-refractivity contribution is -0.186. The molecule has 1 heterocycles. The molecular formula is C21H22O4. The molecule has 25 heavy (non-hydrogen) atoms. The molecule has 2 aliphatic rings. The van der Waals surface area contributed by atoms with Crippen molar-refractivity contribution >= 4 is 5.97 Å². The van der Waals surface area contributed by atoms with Gasteiger partial charge in [-0.05, 0) is 42.2 Å². The summed E-state index contributed by atoms with van der Waals surface area (Å²) in [6, 6.07) is 17.5. The van der Waals surface area contributed by atoms with E-state index in [0.717, 1.165) is 17.1 Å². The molecule has 1 aliphatic carbocycles. The first kappa shape index (κ1) is 16.2. The van der Waals surface area contributed by atoms with Crippen LogP contribution in [0.2, 0.25) is 0 Å². The third-order valence-corrected chi connectivity index (χ3v) is 5.33. The summed E-state index contributed by atoms with van der Waals surface area (Å²) in [5.74, 6) is 1.56. The van der Waals surface area contributed by atoms with E-state index in [1.165, 1.54) is 0 Å². The van der Waals surface area contributed by atoms with Crippen LogP contribution >= 0.6 is 0 Å². The summed E-state index contributed by atoms with van der Waals surface area (Å²) in [6.45, 7) is 6.16. The first-order chi connectivity index (χ1) is 12.0. The molecule has 2 aromatic carbocycles. The van der Waals surface area contributed by atoms with Gasteiger partial charge >= 0.3 is 5.97 Å². The number of para-hydroxylation sites is 1. The van der Waals surface area contributed by atoms with Gasteiger partial charge in [-0.25, -0.2) is 0 Å². The van der Waals surface area contributed by atoms with E-state index in [1.807, 2.05) is 61.5 Å². The fourth-order valence-corrected chi connectivity index (χ4v) is 3.74. The van der Waals surface area contributed by atoms with Gasteiger partial charge in [0.15, 0.2) is 0 Å². The summed E-state index contributed by atoms with van der Waals surface area (Å²) in [6.07, 6.45) is -0.645. The number of carbonyl (C=O) groups excluding carboxylic acids is 1. The third kappa shape index (κ3) is 2.91. The second-order valence-electron chi connectivity index (χ2n) is 7.40. The van der Waals surface area contributed by atoms with Crippen LogP contribution in [0, 0.1) is 17.3 Å². The van der Waals surface area contributed by atoms with Crippen molar-refractivity contribution in [2.75, 3.05) is 0 Å². The Morgan fingerprint density at radius 3 is 2.44 bits per heavy atom. The Hall–Kier alpha value is -2.33. The molecule has 0 bridgehead atoms. The molecule has 1 saturated heterocycles. The number of rotatable bonds is 5. The maximum atomic E-state index is 11.9. The van der Waals surface area contributed by atoms with Crippen LogP contribution in [-0.2, 0) is 14.3 Å². The quantitative estimate of drug-likeness (QED) is 0.741. The Balaban J connectivity index is 1.45. The van der Waals surface area contributed by atoms with E-state index in [2.05, 4.69) is 13.8 Å². The fraction of sp³-hybridized carbons (Fsp3) is 0.381. The van der Waals surface area contributed by atoms with Gasteiger partial charge in [0, 0.05) is 5.92 Å². The zero-order valence-electron chi connectivity index (χ0n) is 14.6. The van der Waals surface area contributed by atoms with Gasteiger partial charge in [-0.15, -0.1) is 0 Å². The number of hydrogen-bond donors (Lipinski definition) is 0. The molecule has 0 amide bonds. The summed E-state index contributed by atoms with van der Waals surface area (Å²) in [5.41, 5.74) is 0.976. The largest absolute Gasteiger partial charge is 0.457 e. The minimum absolute atomic E-state index is 0.0159. The highest BCUT2D eigenvalue weighted by molar-refractivity contribution is 5.80. The average molecular weight is 338 g/mol. The minimum atomic E-state index is -0.457. The molecule has 2 fully saturated rings. The van der Waals surface area contributed by atoms with Crippen LogP contribution < -0.4 is 4.74 Å². The van der Waals surface area contributed by atoms with Gasteiger partial charge in [-0.2, -0.15) is 0 Å². The number of hydrogen-bond acceptors (Lipinski definition) is 4. The number of fused-ring (bicyclic) bond motifs is 1. The first-order valence-electron chi connectivity index (χ1n) is 8.65. The summed E-state index contributed by atoms with van der Waals surface area (Å²) < 4.78 is 17.3. The summed E-state index contributed by atoms with van der Waals surface area (Å²) in [7, 11) is 0. The monoisotopic (exact) mass is 338 g/mol. The summed E-state index contributed by atoms with van der Waals surface area (Å²) in [5, 5.41) is 0. The molecule has 4 nitrogen and oxygen atoms in total. The molecule has 0 N–H and O–H groups in total. The second-order valence-corrected chi connectivity index (χ2v) is 7.40. The van der Waals surface area contributed by atoms with E-state index in [0.29, 0.717) is 0 Å². The third-order valence-electron chi connectivity index (χ3n) is 5.33. The van der Waals surface area contributed by atoms with Gasteiger partial charge in [-0.1, -0.05) is 44.2 Å². The van der Waals surface area contributed by atoms with Crippen molar-refractivity contribution in [3.8, 4) is 11.5 Å². The molecule has 4 rings (SSSR count). The van der Waals surface area contributed by atoms with Crippen LogP contribution in [0.15, 0.2) is 54.6 Å². The molecule has 2 unspecified atom stereocenters. The van der Waals surface area contributed by atoms with E-state index < -0.39 is 6.29 Å². The zero-order valence-corrected chi connectivity index (χ0v) is 14.6. The fourth-order valence-electron chi connectivity index (χ4n) is 3.74. The van der Waals surface area contributed by atoms with Gasteiger partial charge in [0.2, 0.25) is 6.29 Å². The van der Waals surface area contributed by atoms with Crippen molar-refractivity contribution in [1.29, 1.82) is 0 Å².